The molecule has 0 saturated heterocycles. The van der Waals surface area contributed by atoms with Crippen LogP contribution in [0, 0.1) is 15.9 Å². The Balaban J connectivity index is 2.15. The van der Waals surface area contributed by atoms with Crippen LogP contribution >= 0.6 is 0 Å². The fourth-order valence-corrected chi connectivity index (χ4v) is 1.88. The lowest BCUT2D eigenvalue weighted by Crippen LogP contribution is -2.06. The van der Waals surface area contributed by atoms with Gasteiger partial charge in [0.25, 0.3) is 0 Å². The molecule has 0 aliphatic rings. The first-order chi connectivity index (χ1) is 10.1. The average molecular weight is 290 g/mol. The fourth-order valence-electron chi connectivity index (χ4n) is 1.88. The van der Waals surface area contributed by atoms with Crippen LogP contribution in [0.4, 0.5) is 10.1 Å². The van der Waals surface area contributed by atoms with Crippen molar-refractivity contribution in [1.82, 2.24) is 5.32 Å². The van der Waals surface area contributed by atoms with E-state index in [1.165, 1.54) is 18.2 Å². The molecule has 5 nitrogen and oxygen atoms in total. The summed E-state index contributed by atoms with van der Waals surface area (Å²) in [6.07, 6.45) is 0. The molecule has 0 radical (unpaired) electrons. The number of hydrogen-bond acceptors (Lipinski definition) is 4. The third-order valence-electron chi connectivity index (χ3n) is 2.91. The predicted molar refractivity (Wildman–Crippen MR) is 76.6 cm³/mol. The molecule has 6 heteroatoms. The van der Waals surface area contributed by atoms with Gasteiger partial charge in [0.15, 0.2) is 5.75 Å². The largest absolute Gasteiger partial charge is 0.482 e. The molecule has 2 aromatic rings. The Morgan fingerprint density at radius 3 is 2.48 bits per heavy atom. The quantitative estimate of drug-likeness (QED) is 0.656. The first-order valence-electron chi connectivity index (χ1n) is 6.39. The zero-order chi connectivity index (χ0) is 15.2. The van der Waals surface area contributed by atoms with Gasteiger partial charge in [-0.05, 0) is 36.4 Å². The predicted octanol–water partition coefficient (Wildman–Crippen LogP) is 3.03. The summed E-state index contributed by atoms with van der Waals surface area (Å²) in [6.45, 7) is 0.686. The maximum absolute atomic E-state index is 12.8. The van der Waals surface area contributed by atoms with Gasteiger partial charge in [-0.3, -0.25) is 10.1 Å². The fraction of sp³-hybridized carbons (Fsp3) is 0.200. The van der Waals surface area contributed by atoms with Gasteiger partial charge in [-0.2, -0.15) is 0 Å². The SMILES string of the molecule is CNCc1ccc(OCc2ccc(F)cc2)c([N+](=O)[O-])c1. The standard InChI is InChI=1S/C15H15FN2O3/c1-17-9-12-4-7-15(14(8-12)18(19)20)21-10-11-2-5-13(16)6-3-11/h2-8,17H,9-10H2,1H3. The van der Waals surface area contributed by atoms with Crippen molar-refractivity contribution >= 4 is 5.69 Å². The highest BCUT2D eigenvalue weighted by molar-refractivity contribution is 5.48. The van der Waals surface area contributed by atoms with E-state index in [9.17, 15) is 14.5 Å². The average Bonchev–Trinajstić information content (AvgIpc) is 2.47. The van der Waals surface area contributed by atoms with E-state index in [1.54, 1.807) is 31.3 Å². The molecule has 0 aliphatic carbocycles. The van der Waals surface area contributed by atoms with E-state index in [-0.39, 0.29) is 23.9 Å². The Morgan fingerprint density at radius 1 is 1.19 bits per heavy atom. The molecule has 110 valence electrons. The molecule has 0 aromatic heterocycles. The molecule has 0 spiro atoms. The molecule has 0 saturated carbocycles. The molecule has 2 rings (SSSR count). The van der Waals surface area contributed by atoms with Crippen LogP contribution in [0.15, 0.2) is 42.5 Å². The summed E-state index contributed by atoms with van der Waals surface area (Å²) in [6, 6.07) is 10.6. The van der Waals surface area contributed by atoms with Gasteiger partial charge in [-0.25, -0.2) is 4.39 Å². The first kappa shape index (κ1) is 14.9. The molecule has 0 bridgehead atoms. The molecule has 21 heavy (non-hydrogen) atoms. The van der Waals surface area contributed by atoms with E-state index < -0.39 is 4.92 Å². The van der Waals surface area contributed by atoms with Crippen molar-refractivity contribution in [3.05, 3.63) is 69.5 Å². The molecule has 0 atom stereocenters. The van der Waals surface area contributed by atoms with E-state index in [4.69, 9.17) is 4.74 Å². The summed E-state index contributed by atoms with van der Waals surface area (Å²) in [5, 5.41) is 14.0. The van der Waals surface area contributed by atoms with Crippen LogP contribution in [0.5, 0.6) is 5.75 Å². The molecule has 0 fully saturated rings. The van der Waals surface area contributed by atoms with Crippen LogP contribution in [-0.2, 0) is 13.2 Å². The van der Waals surface area contributed by atoms with E-state index in [0.717, 1.165) is 11.1 Å². The van der Waals surface area contributed by atoms with Gasteiger partial charge < -0.3 is 10.1 Å². The van der Waals surface area contributed by atoms with Crippen LogP contribution in [0.3, 0.4) is 0 Å². The lowest BCUT2D eigenvalue weighted by molar-refractivity contribution is -0.386. The van der Waals surface area contributed by atoms with Gasteiger partial charge in [0.05, 0.1) is 4.92 Å². The molecular weight excluding hydrogens is 275 g/mol. The molecule has 1 N–H and O–H groups in total. The molecule has 2 aromatic carbocycles. The van der Waals surface area contributed by atoms with Gasteiger partial charge in [0, 0.05) is 12.6 Å². The molecular formula is C15H15FN2O3. The van der Waals surface area contributed by atoms with E-state index >= 15 is 0 Å². The van der Waals surface area contributed by atoms with E-state index in [0.29, 0.717) is 6.54 Å². The highest BCUT2D eigenvalue weighted by Crippen LogP contribution is 2.28. The monoisotopic (exact) mass is 290 g/mol. The van der Waals surface area contributed by atoms with Crippen molar-refractivity contribution in [2.45, 2.75) is 13.2 Å². The minimum Gasteiger partial charge on any atom is -0.482 e. The van der Waals surface area contributed by atoms with Gasteiger partial charge >= 0.3 is 5.69 Å². The number of ether oxygens (including phenoxy) is 1. The number of halogens is 1. The molecule has 0 unspecified atom stereocenters. The van der Waals surface area contributed by atoms with Crippen molar-refractivity contribution in [1.29, 1.82) is 0 Å². The maximum atomic E-state index is 12.8. The topological polar surface area (TPSA) is 64.4 Å². The van der Waals surface area contributed by atoms with Crippen molar-refractivity contribution in [3.63, 3.8) is 0 Å². The highest BCUT2D eigenvalue weighted by Gasteiger charge is 2.16. The van der Waals surface area contributed by atoms with Gasteiger partial charge in [-0.15, -0.1) is 0 Å². The van der Waals surface area contributed by atoms with Crippen LogP contribution < -0.4 is 10.1 Å². The lowest BCUT2D eigenvalue weighted by Gasteiger charge is -2.08. The third-order valence-corrected chi connectivity index (χ3v) is 2.91. The smallest absolute Gasteiger partial charge is 0.311 e. The third kappa shape index (κ3) is 4.00. The van der Waals surface area contributed by atoms with Crippen LogP contribution in [0.2, 0.25) is 0 Å². The number of benzene rings is 2. The number of nitro groups is 1. The number of nitro benzene ring substituents is 1. The zero-order valence-electron chi connectivity index (χ0n) is 11.5. The van der Waals surface area contributed by atoms with E-state index in [2.05, 4.69) is 5.32 Å². The van der Waals surface area contributed by atoms with E-state index in [1.807, 2.05) is 0 Å². The summed E-state index contributed by atoms with van der Waals surface area (Å²) in [4.78, 5) is 10.6. The van der Waals surface area contributed by atoms with Crippen molar-refractivity contribution in [2.24, 2.45) is 0 Å². The van der Waals surface area contributed by atoms with Gasteiger partial charge in [0.1, 0.15) is 12.4 Å². The second kappa shape index (κ2) is 6.81. The molecule has 0 heterocycles. The zero-order valence-corrected chi connectivity index (χ0v) is 11.5. The summed E-state index contributed by atoms with van der Waals surface area (Å²) < 4.78 is 18.3. The van der Waals surface area contributed by atoms with Crippen LogP contribution in [0.1, 0.15) is 11.1 Å². The Hall–Kier alpha value is -2.47. The summed E-state index contributed by atoms with van der Waals surface area (Å²) in [5.41, 5.74) is 1.47. The number of hydrogen-bond donors (Lipinski definition) is 1. The van der Waals surface area contributed by atoms with Gasteiger partial charge in [-0.1, -0.05) is 18.2 Å². The van der Waals surface area contributed by atoms with Crippen molar-refractivity contribution < 1.29 is 14.1 Å². The number of rotatable bonds is 6. The Kier molecular flexibility index (Phi) is 4.84. The second-order valence-electron chi connectivity index (χ2n) is 4.50. The Morgan fingerprint density at radius 2 is 1.86 bits per heavy atom. The maximum Gasteiger partial charge on any atom is 0.311 e. The summed E-state index contributed by atoms with van der Waals surface area (Å²) >= 11 is 0. The molecule has 0 amide bonds. The lowest BCUT2D eigenvalue weighted by atomic mass is 10.2. The number of nitrogens with zero attached hydrogens (tertiary/aromatic N) is 1. The van der Waals surface area contributed by atoms with Crippen molar-refractivity contribution in [3.8, 4) is 5.75 Å². The molecule has 0 aliphatic heterocycles. The summed E-state index contributed by atoms with van der Waals surface area (Å²) in [5.74, 6) is -0.134. The van der Waals surface area contributed by atoms with Crippen molar-refractivity contribution in [2.75, 3.05) is 7.05 Å². The van der Waals surface area contributed by atoms with Gasteiger partial charge in [0.2, 0.25) is 0 Å². The number of nitrogens with one attached hydrogen (secondary N) is 1. The summed E-state index contributed by atoms with van der Waals surface area (Å²) in [7, 11) is 1.77. The Labute approximate surface area is 121 Å². The highest BCUT2D eigenvalue weighted by atomic mass is 19.1. The minimum absolute atomic E-state index is 0.0788. The van der Waals surface area contributed by atoms with Crippen LogP contribution in [-0.4, -0.2) is 12.0 Å². The van der Waals surface area contributed by atoms with Crippen LogP contribution in [0.25, 0.3) is 0 Å². The second-order valence-corrected chi connectivity index (χ2v) is 4.50. The normalized spacial score (nSPS) is 10.4. The minimum atomic E-state index is -0.473. The Bertz CT molecular complexity index is 629. The first-order valence-corrected chi connectivity index (χ1v) is 6.39.